The van der Waals surface area contributed by atoms with Crippen molar-refractivity contribution in [1.82, 2.24) is 10.2 Å². The molecule has 1 atom stereocenters. The van der Waals surface area contributed by atoms with E-state index in [9.17, 15) is 9.59 Å². The minimum atomic E-state index is -0.980. The molecule has 104 valence electrons. The zero-order valence-corrected chi connectivity index (χ0v) is 11.4. The molecule has 0 radical (unpaired) electrons. The van der Waals surface area contributed by atoms with Crippen molar-refractivity contribution in [3.8, 4) is 0 Å². The summed E-state index contributed by atoms with van der Waals surface area (Å²) in [6.45, 7) is 1.20. The second-order valence-electron chi connectivity index (χ2n) is 4.45. The van der Waals surface area contributed by atoms with E-state index >= 15 is 0 Å². The second kappa shape index (κ2) is 7.48. The minimum absolute atomic E-state index is 0.154. The Kier molecular flexibility index (Phi) is 6.28. The van der Waals surface area contributed by atoms with Gasteiger partial charge in [-0.15, -0.1) is 0 Å². The van der Waals surface area contributed by atoms with Gasteiger partial charge in [-0.2, -0.15) is 11.8 Å². The number of piperidine rings is 1. The number of hydrogen-bond donors (Lipinski definition) is 3. The maximum absolute atomic E-state index is 11.9. The number of hydrogen-bond acceptors (Lipinski definition) is 4. The van der Waals surface area contributed by atoms with E-state index in [1.54, 1.807) is 16.7 Å². The second-order valence-corrected chi connectivity index (χ2v) is 5.43. The number of rotatable bonds is 5. The number of nitrogens with one attached hydrogen (secondary N) is 1. The SMILES string of the molecule is CSCC[C@@H](NC(=O)N1CCC(N)CC1)C(=O)O. The van der Waals surface area contributed by atoms with E-state index in [0.29, 0.717) is 25.3 Å². The van der Waals surface area contributed by atoms with E-state index < -0.39 is 12.0 Å². The number of nitrogens with two attached hydrogens (primary N) is 1. The number of amides is 2. The van der Waals surface area contributed by atoms with Crippen LogP contribution in [-0.4, -0.2) is 59.2 Å². The molecule has 0 bridgehead atoms. The molecule has 0 unspecified atom stereocenters. The van der Waals surface area contributed by atoms with Crippen LogP contribution in [0.3, 0.4) is 0 Å². The lowest BCUT2D eigenvalue weighted by atomic mass is 10.1. The summed E-state index contributed by atoms with van der Waals surface area (Å²) in [5, 5.41) is 11.6. The zero-order chi connectivity index (χ0) is 13.5. The molecule has 0 spiro atoms. The Morgan fingerprint density at radius 2 is 2.11 bits per heavy atom. The van der Waals surface area contributed by atoms with Gasteiger partial charge in [-0.05, 0) is 31.3 Å². The molecular weight excluding hydrogens is 254 g/mol. The average Bonchev–Trinajstić information content (AvgIpc) is 2.34. The first-order chi connectivity index (χ1) is 8.54. The predicted octanol–water partition coefficient (Wildman–Crippen LogP) is 0.325. The van der Waals surface area contributed by atoms with Crippen molar-refractivity contribution in [1.29, 1.82) is 0 Å². The number of likely N-dealkylation sites (tertiary alicyclic amines) is 1. The lowest BCUT2D eigenvalue weighted by molar-refractivity contribution is -0.139. The van der Waals surface area contributed by atoms with Crippen molar-refractivity contribution in [2.75, 3.05) is 25.1 Å². The van der Waals surface area contributed by atoms with Crippen molar-refractivity contribution in [3.63, 3.8) is 0 Å². The molecule has 1 rings (SSSR count). The number of nitrogens with zero attached hydrogens (tertiary/aromatic N) is 1. The van der Waals surface area contributed by atoms with Crippen LogP contribution in [0.1, 0.15) is 19.3 Å². The summed E-state index contributed by atoms with van der Waals surface area (Å²) in [5.74, 6) is -0.270. The number of carboxylic acids is 1. The Morgan fingerprint density at radius 1 is 1.50 bits per heavy atom. The molecule has 1 saturated heterocycles. The summed E-state index contributed by atoms with van der Waals surface area (Å²) in [7, 11) is 0. The first-order valence-corrected chi connectivity index (χ1v) is 7.46. The van der Waals surface area contributed by atoms with Crippen molar-refractivity contribution in [2.24, 2.45) is 5.73 Å². The predicted molar refractivity (Wildman–Crippen MR) is 71.7 cm³/mol. The molecular formula is C11H21N3O3S. The fraction of sp³-hybridized carbons (Fsp3) is 0.818. The monoisotopic (exact) mass is 275 g/mol. The molecule has 1 fully saturated rings. The Balaban J connectivity index is 2.42. The van der Waals surface area contributed by atoms with Crippen molar-refractivity contribution >= 4 is 23.8 Å². The lowest BCUT2D eigenvalue weighted by Crippen LogP contribution is -2.51. The molecule has 0 aromatic rings. The Bertz CT molecular complexity index is 293. The van der Waals surface area contributed by atoms with Gasteiger partial charge >= 0.3 is 12.0 Å². The largest absolute Gasteiger partial charge is 0.480 e. The van der Waals surface area contributed by atoms with Gasteiger partial charge in [0, 0.05) is 19.1 Å². The van der Waals surface area contributed by atoms with Gasteiger partial charge in [0.25, 0.3) is 0 Å². The highest BCUT2D eigenvalue weighted by molar-refractivity contribution is 7.98. The smallest absolute Gasteiger partial charge is 0.326 e. The molecule has 2 amide bonds. The van der Waals surface area contributed by atoms with E-state index in [-0.39, 0.29) is 12.1 Å². The molecule has 1 heterocycles. The summed E-state index contributed by atoms with van der Waals surface area (Å²) in [4.78, 5) is 24.5. The number of aliphatic carboxylic acids is 1. The topological polar surface area (TPSA) is 95.7 Å². The van der Waals surface area contributed by atoms with Crippen molar-refractivity contribution < 1.29 is 14.7 Å². The molecule has 18 heavy (non-hydrogen) atoms. The van der Waals surface area contributed by atoms with Gasteiger partial charge in [-0.1, -0.05) is 0 Å². The molecule has 1 aliphatic rings. The normalized spacial score (nSPS) is 18.4. The molecule has 0 saturated carbocycles. The van der Waals surface area contributed by atoms with E-state index in [0.717, 1.165) is 12.8 Å². The van der Waals surface area contributed by atoms with Crippen LogP contribution in [0.25, 0.3) is 0 Å². The minimum Gasteiger partial charge on any atom is -0.480 e. The Labute approximate surface area is 111 Å². The molecule has 4 N–H and O–H groups in total. The third-order valence-corrected chi connectivity index (χ3v) is 3.68. The zero-order valence-electron chi connectivity index (χ0n) is 10.6. The number of carboxylic acid groups (broad SMARTS) is 1. The van der Waals surface area contributed by atoms with Gasteiger partial charge in [0.05, 0.1) is 0 Å². The van der Waals surface area contributed by atoms with Gasteiger partial charge < -0.3 is 21.1 Å². The summed E-state index contributed by atoms with van der Waals surface area (Å²) in [5.41, 5.74) is 5.76. The number of urea groups is 1. The summed E-state index contributed by atoms with van der Waals surface area (Å²) < 4.78 is 0. The van der Waals surface area contributed by atoms with Crippen molar-refractivity contribution in [3.05, 3.63) is 0 Å². The number of thioether (sulfide) groups is 1. The van der Waals surface area contributed by atoms with Crippen LogP contribution in [0.5, 0.6) is 0 Å². The van der Waals surface area contributed by atoms with Crippen LogP contribution >= 0.6 is 11.8 Å². The average molecular weight is 275 g/mol. The molecule has 1 aliphatic heterocycles. The number of carbonyl (C=O) groups is 2. The van der Waals surface area contributed by atoms with E-state index in [1.165, 1.54) is 0 Å². The summed E-state index contributed by atoms with van der Waals surface area (Å²) in [6.07, 6.45) is 3.90. The lowest BCUT2D eigenvalue weighted by Gasteiger charge is -2.31. The van der Waals surface area contributed by atoms with Crippen LogP contribution < -0.4 is 11.1 Å². The molecule has 0 aromatic carbocycles. The van der Waals surface area contributed by atoms with E-state index in [4.69, 9.17) is 10.8 Å². The third kappa shape index (κ3) is 4.73. The highest BCUT2D eigenvalue weighted by Gasteiger charge is 2.25. The number of carbonyl (C=O) groups excluding carboxylic acids is 1. The quantitative estimate of drug-likeness (QED) is 0.672. The fourth-order valence-electron chi connectivity index (χ4n) is 1.84. The standard InChI is InChI=1S/C11H21N3O3S/c1-18-7-4-9(10(15)16)13-11(17)14-5-2-8(12)3-6-14/h8-9H,2-7,12H2,1H3,(H,13,17)(H,15,16)/t9-/m1/s1. The van der Waals surface area contributed by atoms with Gasteiger partial charge in [-0.25, -0.2) is 9.59 Å². The molecule has 0 aromatic heterocycles. The molecule has 0 aliphatic carbocycles. The van der Waals surface area contributed by atoms with Crippen LogP contribution in [0.4, 0.5) is 4.79 Å². The molecule has 7 heteroatoms. The van der Waals surface area contributed by atoms with Crippen LogP contribution in [0, 0.1) is 0 Å². The molecule has 6 nitrogen and oxygen atoms in total. The van der Waals surface area contributed by atoms with Crippen molar-refractivity contribution in [2.45, 2.75) is 31.3 Å². The van der Waals surface area contributed by atoms with Crippen LogP contribution in [0.15, 0.2) is 0 Å². The van der Waals surface area contributed by atoms with Gasteiger partial charge in [0.2, 0.25) is 0 Å². The first-order valence-electron chi connectivity index (χ1n) is 6.07. The Hall–Kier alpha value is -0.950. The van der Waals surface area contributed by atoms with Gasteiger partial charge in [0.1, 0.15) is 6.04 Å². The summed E-state index contributed by atoms with van der Waals surface area (Å²) >= 11 is 1.57. The third-order valence-electron chi connectivity index (χ3n) is 3.03. The fourth-order valence-corrected chi connectivity index (χ4v) is 2.31. The van der Waals surface area contributed by atoms with Gasteiger partial charge in [0.15, 0.2) is 0 Å². The Morgan fingerprint density at radius 3 is 2.61 bits per heavy atom. The maximum atomic E-state index is 11.9. The van der Waals surface area contributed by atoms with E-state index in [2.05, 4.69) is 5.32 Å². The van der Waals surface area contributed by atoms with Crippen LogP contribution in [0.2, 0.25) is 0 Å². The summed E-state index contributed by atoms with van der Waals surface area (Å²) in [6, 6.07) is -0.947. The van der Waals surface area contributed by atoms with Crippen LogP contribution in [-0.2, 0) is 4.79 Å². The highest BCUT2D eigenvalue weighted by atomic mass is 32.2. The highest BCUT2D eigenvalue weighted by Crippen LogP contribution is 2.09. The first kappa shape index (κ1) is 15.1. The maximum Gasteiger partial charge on any atom is 0.326 e. The van der Waals surface area contributed by atoms with Gasteiger partial charge in [-0.3, -0.25) is 0 Å². The van der Waals surface area contributed by atoms with E-state index in [1.807, 2.05) is 6.26 Å².